The van der Waals surface area contributed by atoms with Crippen LogP contribution in [0.1, 0.15) is 19.8 Å². The number of halogens is 3. The summed E-state index contributed by atoms with van der Waals surface area (Å²) in [6.07, 6.45) is 5.17. The lowest BCUT2D eigenvalue weighted by Gasteiger charge is -2.29. The lowest BCUT2D eigenvalue weighted by atomic mass is 10.3. The molecule has 5 nitrogen and oxygen atoms in total. The van der Waals surface area contributed by atoms with Crippen LogP contribution in [0.15, 0.2) is 12.4 Å². The minimum atomic E-state index is -4.30. The van der Waals surface area contributed by atoms with E-state index in [0.29, 0.717) is 0 Å². The SMILES string of the molecule is CCCCN1C=C[N+](C)(S(=O)(=O)[O-])C1.FC(F)F. The first-order valence-electron chi connectivity index (χ1n) is 5.29. The Morgan fingerprint density at radius 1 is 1.44 bits per heavy atom. The number of quaternary nitrogens is 1. The first-order valence-corrected chi connectivity index (χ1v) is 6.66. The number of rotatable bonds is 4. The van der Waals surface area contributed by atoms with Gasteiger partial charge in [-0.2, -0.15) is 25.5 Å². The molecule has 0 N–H and O–H groups in total. The number of hydrogen-bond acceptors (Lipinski definition) is 4. The second-order valence-electron chi connectivity index (χ2n) is 3.95. The molecule has 0 bridgehead atoms. The number of alkyl halides is 3. The molecule has 9 heteroatoms. The molecule has 0 aromatic heterocycles. The van der Waals surface area contributed by atoms with Gasteiger partial charge in [-0.1, -0.05) is 13.3 Å². The second-order valence-corrected chi connectivity index (χ2v) is 5.64. The smallest absolute Gasteiger partial charge is 0.379 e. The van der Waals surface area contributed by atoms with Gasteiger partial charge in [0, 0.05) is 6.54 Å². The van der Waals surface area contributed by atoms with Crippen LogP contribution in [0.4, 0.5) is 13.2 Å². The molecule has 1 atom stereocenters. The van der Waals surface area contributed by atoms with Gasteiger partial charge in [0.2, 0.25) is 0 Å². The predicted molar refractivity (Wildman–Crippen MR) is 58.6 cm³/mol. The number of nitrogens with zero attached hydrogens (tertiary/aromatic N) is 2. The summed E-state index contributed by atoms with van der Waals surface area (Å²) in [6.45, 7) is -0.569. The van der Waals surface area contributed by atoms with Gasteiger partial charge in [-0.15, -0.1) is 0 Å². The summed E-state index contributed by atoms with van der Waals surface area (Å²) in [5.41, 5.74) is 0. The van der Waals surface area contributed by atoms with Crippen molar-refractivity contribution in [3.8, 4) is 0 Å². The van der Waals surface area contributed by atoms with Crippen molar-refractivity contribution in [1.82, 2.24) is 4.90 Å². The predicted octanol–water partition coefficient (Wildman–Crippen LogP) is 1.62. The summed E-state index contributed by atoms with van der Waals surface area (Å²) in [6, 6.07) is 0. The Morgan fingerprint density at radius 2 is 1.94 bits per heavy atom. The van der Waals surface area contributed by atoms with Crippen LogP contribution in [-0.2, 0) is 10.3 Å². The molecular weight excluding hydrogens is 273 g/mol. The van der Waals surface area contributed by atoms with Crippen LogP contribution in [0, 0.1) is 0 Å². The van der Waals surface area contributed by atoms with Gasteiger partial charge in [0.05, 0.1) is 13.2 Å². The molecule has 0 aromatic rings. The van der Waals surface area contributed by atoms with Crippen LogP contribution in [-0.4, -0.2) is 48.7 Å². The fraction of sp³-hybridized carbons (Fsp3) is 0.778. The van der Waals surface area contributed by atoms with Crippen molar-refractivity contribution in [2.75, 3.05) is 20.3 Å². The van der Waals surface area contributed by atoms with E-state index in [0.717, 1.165) is 19.4 Å². The third kappa shape index (κ3) is 5.69. The lowest BCUT2D eigenvalue weighted by molar-refractivity contribution is -0.736. The van der Waals surface area contributed by atoms with E-state index in [1.807, 2.05) is 4.90 Å². The zero-order valence-corrected chi connectivity index (χ0v) is 11.0. The number of hydrogen-bond donors (Lipinski definition) is 0. The summed E-state index contributed by atoms with van der Waals surface area (Å²) in [5.74, 6) is 0. The van der Waals surface area contributed by atoms with Crippen molar-refractivity contribution >= 4 is 10.3 Å². The van der Waals surface area contributed by atoms with Crippen molar-refractivity contribution in [3.05, 3.63) is 12.4 Å². The topological polar surface area (TPSA) is 60.4 Å². The minimum absolute atomic E-state index is 0.228. The van der Waals surface area contributed by atoms with E-state index < -0.39 is 20.9 Å². The van der Waals surface area contributed by atoms with E-state index >= 15 is 0 Å². The zero-order chi connectivity index (χ0) is 14.4. The molecule has 1 unspecified atom stereocenters. The zero-order valence-electron chi connectivity index (χ0n) is 10.2. The maximum absolute atomic E-state index is 10.9. The van der Waals surface area contributed by atoms with Crippen LogP contribution in [0.2, 0.25) is 0 Å². The van der Waals surface area contributed by atoms with E-state index in [-0.39, 0.29) is 6.67 Å². The highest BCUT2D eigenvalue weighted by Crippen LogP contribution is 2.19. The molecule has 0 aliphatic carbocycles. The van der Waals surface area contributed by atoms with Gasteiger partial charge in [-0.25, -0.2) is 0 Å². The highest BCUT2D eigenvalue weighted by molar-refractivity contribution is 7.80. The van der Waals surface area contributed by atoms with Crippen LogP contribution in [0.5, 0.6) is 0 Å². The lowest BCUT2D eigenvalue weighted by Crippen LogP contribution is -2.45. The van der Waals surface area contributed by atoms with Crippen molar-refractivity contribution in [2.45, 2.75) is 26.4 Å². The summed E-state index contributed by atoms with van der Waals surface area (Å²) in [4.78, 5) is 1.86. The average Bonchev–Trinajstić information content (AvgIpc) is 2.57. The van der Waals surface area contributed by atoms with Gasteiger partial charge in [-0.3, -0.25) is 0 Å². The van der Waals surface area contributed by atoms with Crippen LogP contribution in [0.25, 0.3) is 0 Å². The van der Waals surface area contributed by atoms with Gasteiger partial charge in [0.15, 0.2) is 6.67 Å². The molecule has 1 aliphatic rings. The molecule has 0 saturated heterocycles. The monoisotopic (exact) mass is 290 g/mol. The molecule has 0 amide bonds. The third-order valence-corrected chi connectivity index (χ3v) is 3.62. The Morgan fingerprint density at radius 3 is 2.28 bits per heavy atom. The average molecular weight is 290 g/mol. The number of unbranched alkanes of at least 4 members (excludes halogenated alkanes) is 1. The van der Waals surface area contributed by atoms with Crippen molar-refractivity contribution in [3.63, 3.8) is 0 Å². The first-order chi connectivity index (χ1) is 8.12. The molecule has 0 saturated carbocycles. The van der Waals surface area contributed by atoms with E-state index in [1.165, 1.54) is 13.2 Å². The first kappa shape index (κ1) is 17.2. The maximum Gasteiger partial charge on any atom is 0.379 e. The standard InChI is InChI=1S/C8H16N2O3S.CHF3/c1-3-4-5-9-6-7-10(2,8-9)14(11,12)13;2-1(3)4/h6-7H,3-5,8H2,1-2H3;1H. The van der Waals surface area contributed by atoms with Gasteiger partial charge < -0.3 is 9.45 Å². The molecule has 1 aliphatic heterocycles. The Bertz CT molecular complexity index is 372. The molecule has 1 rings (SSSR count). The largest absolute Gasteiger partial charge is 0.701 e. The van der Waals surface area contributed by atoms with Crippen molar-refractivity contribution < 1.29 is 30.0 Å². The van der Waals surface area contributed by atoms with Crippen LogP contribution >= 0.6 is 0 Å². The van der Waals surface area contributed by atoms with Gasteiger partial charge in [-0.05, 0) is 6.42 Å². The summed E-state index contributed by atoms with van der Waals surface area (Å²) >= 11 is 0. The third-order valence-electron chi connectivity index (χ3n) is 2.36. The van der Waals surface area contributed by atoms with E-state index in [2.05, 4.69) is 6.92 Å². The van der Waals surface area contributed by atoms with Crippen molar-refractivity contribution in [1.29, 1.82) is 0 Å². The molecule has 18 heavy (non-hydrogen) atoms. The Hall–Kier alpha value is -0.800. The molecular formula is C9H17F3N2O3S. The Balaban J connectivity index is 0.000000631. The molecule has 0 radical (unpaired) electrons. The molecule has 1 heterocycles. The van der Waals surface area contributed by atoms with E-state index in [9.17, 15) is 26.1 Å². The van der Waals surface area contributed by atoms with E-state index in [1.54, 1.807) is 6.20 Å². The normalized spacial score (nSPS) is 23.2. The maximum atomic E-state index is 10.9. The quantitative estimate of drug-likeness (QED) is 0.583. The fourth-order valence-corrected chi connectivity index (χ4v) is 1.84. The second kappa shape index (κ2) is 6.95. The van der Waals surface area contributed by atoms with Crippen molar-refractivity contribution in [2.24, 2.45) is 0 Å². The van der Waals surface area contributed by atoms with Crippen LogP contribution < -0.4 is 0 Å². The molecule has 0 fully saturated rings. The fourth-order valence-electron chi connectivity index (χ4n) is 1.34. The minimum Gasteiger partial charge on any atom is -0.701 e. The van der Waals surface area contributed by atoms with Gasteiger partial charge in [0.25, 0.3) is 10.3 Å². The van der Waals surface area contributed by atoms with Gasteiger partial charge in [0.1, 0.15) is 6.20 Å². The Kier molecular flexibility index (Phi) is 6.64. The summed E-state index contributed by atoms with van der Waals surface area (Å²) in [5, 5.41) is 0. The molecule has 0 spiro atoms. The highest BCUT2D eigenvalue weighted by Gasteiger charge is 2.33. The highest BCUT2D eigenvalue weighted by atomic mass is 32.2. The summed E-state index contributed by atoms with van der Waals surface area (Å²) < 4.78 is 61.2. The summed E-state index contributed by atoms with van der Waals surface area (Å²) in [7, 11) is -2.89. The van der Waals surface area contributed by atoms with E-state index in [4.69, 9.17) is 0 Å². The molecule has 108 valence electrons. The Labute approximate surface area is 105 Å². The molecule has 0 aromatic carbocycles. The van der Waals surface area contributed by atoms with Gasteiger partial charge >= 0.3 is 6.68 Å². The van der Waals surface area contributed by atoms with Crippen LogP contribution in [0.3, 0.4) is 0 Å².